The average Bonchev–Trinajstić information content (AvgIpc) is 2.31. The van der Waals surface area contributed by atoms with Crippen LogP contribution in [0.15, 0.2) is 12.1 Å². The molecule has 92 valence electrons. The summed E-state index contributed by atoms with van der Waals surface area (Å²) in [4.78, 5) is 22.7. The number of hydrogen-bond donors (Lipinski definition) is 3. The van der Waals surface area contributed by atoms with E-state index in [0.29, 0.717) is 12.8 Å². The fraction of sp³-hybridized carbons (Fsp3) is 0.273. The molecule has 0 radical (unpaired) electrons. The summed E-state index contributed by atoms with van der Waals surface area (Å²) in [5.74, 6) is -1.34. The third kappa shape index (κ3) is 2.73. The maximum Gasteiger partial charge on any atom is 0.268 e. The highest BCUT2D eigenvalue weighted by Crippen LogP contribution is 2.28. The molecule has 0 bridgehead atoms. The van der Waals surface area contributed by atoms with Gasteiger partial charge in [0.15, 0.2) is 17.8 Å². The maximum absolute atomic E-state index is 11.9. The van der Waals surface area contributed by atoms with E-state index in [4.69, 9.17) is 0 Å². The fourth-order valence-electron chi connectivity index (χ4n) is 1.37. The van der Waals surface area contributed by atoms with Gasteiger partial charge in [-0.05, 0) is 12.1 Å². The van der Waals surface area contributed by atoms with Crippen molar-refractivity contribution in [2.75, 3.05) is 13.6 Å². The molecule has 0 saturated carbocycles. The van der Waals surface area contributed by atoms with E-state index in [9.17, 15) is 19.8 Å². The van der Waals surface area contributed by atoms with E-state index in [1.54, 1.807) is 0 Å². The first-order valence-electron chi connectivity index (χ1n) is 5.04. The topological polar surface area (TPSA) is 89.9 Å². The lowest BCUT2D eigenvalue weighted by Gasteiger charge is -2.18. The molecular formula is C11H14N2O4. The number of phenols is 2. The van der Waals surface area contributed by atoms with Crippen LogP contribution in [0.1, 0.15) is 27.6 Å². The van der Waals surface area contributed by atoms with Crippen molar-refractivity contribution in [3.05, 3.63) is 23.3 Å². The summed E-state index contributed by atoms with van der Waals surface area (Å²) in [5, 5.41) is 19.8. The normalized spacial score (nSPS) is 10.0. The Balaban J connectivity index is 3.16. The van der Waals surface area contributed by atoms with Crippen LogP contribution < -0.4 is 5.43 Å². The first-order valence-corrected chi connectivity index (χ1v) is 5.04. The van der Waals surface area contributed by atoms with Crippen molar-refractivity contribution in [2.45, 2.75) is 6.92 Å². The Morgan fingerprint density at radius 2 is 2.00 bits per heavy atom. The number of hydrazine groups is 1. The van der Waals surface area contributed by atoms with Crippen molar-refractivity contribution in [3.8, 4) is 11.5 Å². The van der Waals surface area contributed by atoms with Crippen LogP contribution in [0.5, 0.6) is 11.5 Å². The third-order valence-electron chi connectivity index (χ3n) is 2.20. The highest BCUT2D eigenvalue weighted by molar-refractivity contribution is 6.01. The number of amides is 1. The van der Waals surface area contributed by atoms with E-state index in [1.165, 1.54) is 12.1 Å². The number of rotatable bonds is 4. The minimum absolute atomic E-state index is 0.0232. The van der Waals surface area contributed by atoms with E-state index < -0.39 is 17.4 Å². The van der Waals surface area contributed by atoms with E-state index in [2.05, 4.69) is 5.43 Å². The standard InChI is InChI=1S/C11H14N2O4/c1-3-12-13(2)11(17)8-5-10(16)9(15)4-7(8)6-14/h4-6,12,15-16H,3H2,1-2H3. The zero-order chi connectivity index (χ0) is 13.0. The van der Waals surface area contributed by atoms with E-state index in [-0.39, 0.29) is 11.1 Å². The van der Waals surface area contributed by atoms with Crippen molar-refractivity contribution < 1.29 is 19.8 Å². The predicted octanol–water partition coefficient (Wildman–Crippen LogP) is 0.507. The Labute approximate surface area is 98.4 Å². The Hall–Kier alpha value is -2.08. The predicted molar refractivity (Wildman–Crippen MR) is 60.9 cm³/mol. The molecule has 0 aliphatic rings. The minimum Gasteiger partial charge on any atom is -0.504 e. The van der Waals surface area contributed by atoms with Crippen molar-refractivity contribution in [1.82, 2.24) is 10.4 Å². The zero-order valence-electron chi connectivity index (χ0n) is 9.60. The van der Waals surface area contributed by atoms with Gasteiger partial charge in [-0.2, -0.15) is 0 Å². The molecule has 1 aromatic carbocycles. The number of phenolic OH excluding ortho intramolecular Hbond substituents is 2. The molecule has 6 nitrogen and oxygen atoms in total. The highest BCUT2D eigenvalue weighted by atomic mass is 16.3. The SMILES string of the molecule is CCNN(C)C(=O)c1cc(O)c(O)cc1C=O. The number of nitrogens with one attached hydrogen (secondary N) is 1. The van der Waals surface area contributed by atoms with E-state index >= 15 is 0 Å². The van der Waals surface area contributed by atoms with Crippen LogP contribution in [-0.4, -0.2) is 41.0 Å². The highest BCUT2D eigenvalue weighted by Gasteiger charge is 2.18. The Bertz CT molecular complexity index is 445. The first kappa shape index (κ1) is 13.0. The number of nitrogens with zero attached hydrogens (tertiary/aromatic N) is 1. The van der Waals surface area contributed by atoms with Gasteiger partial charge in [-0.1, -0.05) is 6.92 Å². The maximum atomic E-state index is 11.9. The van der Waals surface area contributed by atoms with Gasteiger partial charge in [0.2, 0.25) is 0 Å². The zero-order valence-corrected chi connectivity index (χ0v) is 9.60. The summed E-state index contributed by atoms with van der Waals surface area (Å²) in [5.41, 5.74) is 2.80. The van der Waals surface area contributed by atoms with Gasteiger partial charge < -0.3 is 10.2 Å². The second-order valence-corrected chi connectivity index (χ2v) is 3.42. The lowest BCUT2D eigenvalue weighted by atomic mass is 10.1. The summed E-state index contributed by atoms with van der Waals surface area (Å²) >= 11 is 0. The molecular weight excluding hydrogens is 224 g/mol. The number of carbonyl (C=O) groups is 2. The lowest BCUT2D eigenvalue weighted by Crippen LogP contribution is -2.39. The third-order valence-corrected chi connectivity index (χ3v) is 2.20. The summed E-state index contributed by atoms with van der Waals surface area (Å²) in [6, 6.07) is 2.12. The van der Waals surface area contributed by atoms with E-state index in [1.807, 2.05) is 6.92 Å². The number of aromatic hydroxyl groups is 2. The summed E-state index contributed by atoms with van der Waals surface area (Å²) in [7, 11) is 1.50. The molecule has 3 N–H and O–H groups in total. The van der Waals surface area contributed by atoms with Crippen LogP contribution in [0.4, 0.5) is 0 Å². The number of benzene rings is 1. The van der Waals surface area contributed by atoms with Gasteiger partial charge in [0.1, 0.15) is 0 Å². The second-order valence-electron chi connectivity index (χ2n) is 3.42. The number of hydrogen-bond acceptors (Lipinski definition) is 5. The van der Waals surface area contributed by atoms with Crippen LogP contribution in [0.25, 0.3) is 0 Å². The summed E-state index contributed by atoms with van der Waals surface area (Å²) in [6.07, 6.45) is 0.451. The van der Waals surface area contributed by atoms with Gasteiger partial charge in [-0.3, -0.25) is 14.6 Å². The van der Waals surface area contributed by atoms with Gasteiger partial charge in [-0.15, -0.1) is 0 Å². The Morgan fingerprint density at radius 3 is 2.53 bits per heavy atom. The summed E-state index contributed by atoms with van der Waals surface area (Å²) in [6.45, 7) is 2.36. The largest absolute Gasteiger partial charge is 0.504 e. The van der Waals surface area contributed by atoms with Gasteiger partial charge in [0.05, 0.1) is 5.56 Å². The van der Waals surface area contributed by atoms with Crippen LogP contribution in [-0.2, 0) is 0 Å². The fourth-order valence-corrected chi connectivity index (χ4v) is 1.37. The Kier molecular flexibility index (Phi) is 4.06. The quantitative estimate of drug-likeness (QED) is 0.404. The smallest absolute Gasteiger partial charge is 0.268 e. The molecule has 0 atom stereocenters. The molecule has 0 heterocycles. The molecule has 17 heavy (non-hydrogen) atoms. The molecule has 0 unspecified atom stereocenters. The van der Waals surface area contributed by atoms with Crippen LogP contribution in [0.2, 0.25) is 0 Å². The second kappa shape index (κ2) is 5.31. The molecule has 6 heteroatoms. The molecule has 1 amide bonds. The molecule has 1 aromatic rings. The van der Waals surface area contributed by atoms with Crippen molar-refractivity contribution in [2.24, 2.45) is 0 Å². The van der Waals surface area contributed by atoms with Gasteiger partial charge >= 0.3 is 0 Å². The Morgan fingerprint density at radius 1 is 1.41 bits per heavy atom. The average molecular weight is 238 g/mol. The molecule has 0 spiro atoms. The molecule has 0 saturated heterocycles. The molecule has 1 rings (SSSR count). The van der Waals surface area contributed by atoms with Gasteiger partial charge in [-0.25, -0.2) is 5.43 Å². The van der Waals surface area contributed by atoms with Crippen LogP contribution in [0, 0.1) is 0 Å². The number of aldehydes is 1. The van der Waals surface area contributed by atoms with Crippen LogP contribution >= 0.6 is 0 Å². The van der Waals surface area contributed by atoms with Crippen molar-refractivity contribution in [1.29, 1.82) is 0 Å². The molecule has 0 aliphatic carbocycles. The summed E-state index contributed by atoms with van der Waals surface area (Å²) < 4.78 is 0. The minimum atomic E-state index is -0.468. The monoisotopic (exact) mass is 238 g/mol. The van der Waals surface area contributed by atoms with Crippen molar-refractivity contribution >= 4 is 12.2 Å². The molecule has 0 fully saturated rings. The van der Waals surface area contributed by atoms with Gasteiger partial charge in [0.25, 0.3) is 5.91 Å². The lowest BCUT2D eigenvalue weighted by molar-refractivity contribution is 0.0718. The molecule has 0 aliphatic heterocycles. The molecule has 0 aromatic heterocycles. The first-order chi connectivity index (χ1) is 8.01. The van der Waals surface area contributed by atoms with E-state index in [0.717, 1.165) is 12.1 Å². The number of carbonyl (C=O) groups excluding carboxylic acids is 2. The van der Waals surface area contributed by atoms with Gasteiger partial charge in [0, 0.05) is 19.2 Å². The van der Waals surface area contributed by atoms with Crippen LogP contribution in [0.3, 0.4) is 0 Å². The van der Waals surface area contributed by atoms with Crippen molar-refractivity contribution in [3.63, 3.8) is 0 Å².